The summed E-state index contributed by atoms with van der Waals surface area (Å²) in [5, 5.41) is 2.79. The Morgan fingerprint density at radius 1 is 1.16 bits per heavy atom. The number of esters is 1. The number of hydrogen-bond donors (Lipinski definition) is 2. The topological polar surface area (TPSA) is 91.5 Å². The van der Waals surface area contributed by atoms with Gasteiger partial charge in [-0.2, -0.15) is 0 Å². The van der Waals surface area contributed by atoms with Gasteiger partial charge in [0.2, 0.25) is 5.91 Å². The molecule has 2 N–H and O–H groups in total. The molecule has 2 aromatic rings. The number of aromatic amines is 1. The Kier molecular flexibility index (Phi) is 6.33. The molecule has 1 heterocycles. The minimum Gasteiger partial charge on any atom is -0.451 e. The molecule has 0 unspecified atom stereocenters. The number of rotatable bonds is 7. The second kappa shape index (κ2) is 8.68. The van der Waals surface area contributed by atoms with Gasteiger partial charge in [-0.25, -0.2) is 4.79 Å². The third kappa shape index (κ3) is 5.20. The molecule has 0 bridgehead atoms. The molecule has 2 rings (SSSR count). The lowest BCUT2D eigenvalue weighted by atomic mass is 10.1. The van der Waals surface area contributed by atoms with Crippen LogP contribution in [0.4, 0.5) is 5.69 Å². The van der Waals surface area contributed by atoms with Gasteiger partial charge >= 0.3 is 5.97 Å². The maximum Gasteiger partial charge on any atom is 0.355 e. The lowest BCUT2D eigenvalue weighted by molar-refractivity contribution is -0.136. The largest absolute Gasteiger partial charge is 0.451 e. The number of H-pyrrole nitrogens is 1. The molecule has 0 saturated heterocycles. The van der Waals surface area contributed by atoms with Crippen LogP contribution in [0.25, 0.3) is 0 Å². The molecule has 0 aliphatic rings. The number of anilines is 1. The molecule has 0 saturated carbocycles. The van der Waals surface area contributed by atoms with Crippen LogP contribution in [-0.4, -0.2) is 47.9 Å². The highest BCUT2D eigenvalue weighted by atomic mass is 16.5. The Bertz CT molecular complexity index is 741. The van der Waals surface area contributed by atoms with Crippen molar-refractivity contribution in [2.45, 2.75) is 13.3 Å². The third-order valence-corrected chi connectivity index (χ3v) is 3.62. The number of nitrogens with zero attached hydrogens (tertiary/aromatic N) is 1. The molecule has 0 atom stereocenters. The molecule has 1 aromatic carbocycles. The third-order valence-electron chi connectivity index (χ3n) is 3.62. The van der Waals surface area contributed by atoms with Crippen LogP contribution < -0.4 is 5.32 Å². The molecule has 0 fully saturated rings. The van der Waals surface area contributed by atoms with Crippen molar-refractivity contribution in [2.75, 3.05) is 25.5 Å². The van der Waals surface area contributed by atoms with E-state index in [1.54, 1.807) is 18.3 Å². The second-order valence-corrected chi connectivity index (χ2v) is 5.47. The van der Waals surface area contributed by atoms with Crippen molar-refractivity contribution in [1.82, 2.24) is 9.88 Å². The lowest BCUT2D eigenvalue weighted by Gasteiger charge is -2.17. The molecule has 25 heavy (non-hydrogen) atoms. The Morgan fingerprint density at radius 2 is 1.92 bits per heavy atom. The lowest BCUT2D eigenvalue weighted by Crippen LogP contribution is -2.37. The number of benzene rings is 1. The maximum atomic E-state index is 12.1. The number of carbonyl (C=O) groups excluding carboxylic acids is 3. The second-order valence-electron chi connectivity index (χ2n) is 5.47. The van der Waals surface area contributed by atoms with Gasteiger partial charge in [-0.05, 0) is 30.2 Å². The van der Waals surface area contributed by atoms with Gasteiger partial charge in [0.05, 0.1) is 6.54 Å². The van der Waals surface area contributed by atoms with Crippen molar-refractivity contribution in [1.29, 1.82) is 0 Å². The summed E-state index contributed by atoms with van der Waals surface area (Å²) in [5.41, 5.74) is 2.02. The molecule has 0 radical (unpaired) electrons. The molecule has 0 spiro atoms. The summed E-state index contributed by atoms with van der Waals surface area (Å²) in [6, 6.07) is 10.7. The quantitative estimate of drug-likeness (QED) is 0.750. The van der Waals surface area contributed by atoms with Gasteiger partial charge in [0.25, 0.3) is 5.91 Å². The summed E-state index contributed by atoms with van der Waals surface area (Å²) < 4.78 is 4.91. The number of amides is 2. The summed E-state index contributed by atoms with van der Waals surface area (Å²) in [7, 11) is 1.48. The molecule has 7 heteroatoms. The van der Waals surface area contributed by atoms with E-state index in [1.807, 2.05) is 31.2 Å². The zero-order valence-electron chi connectivity index (χ0n) is 14.2. The van der Waals surface area contributed by atoms with Gasteiger partial charge in [0.1, 0.15) is 5.69 Å². The number of carbonyl (C=O) groups is 3. The van der Waals surface area contributed by atoms with E-state index in [-0.39, 0.29) is 18.1 Å². The highest BCUT2D eigenvalue weighted by molar-refractivity contribution is 5.95. The minimum atomic E-state index is -0.618. The van der Waals surface area contributed by atoms with Gasteiger partial charge in [0.15, 0.2) is 6.61 Å². The molecular formula is C18H21N3O4. The fourth-order valence-electron chi connectivity index (χ4n) is 2.22. The molecule has 7 nitrogen and oxygen atoms in total. The van der Waals surface area contributed by atoms with Crippen LogP contribution in [0.1, 0.15) is 23.0 Å². The summed E-state index contributed by atoms with van der Waals surface area (Å²) in [5.74, 6) is -1.39. The number of likely N-dealkylation sites (N-methyl/N-ethyl adjacent to an activating group) is 1. The highest BCUT2D eigenvalue weighted by Gasteiger charge is 2.16. The van der Waals surface area contributed by atoms with Crippen molar-refractivity contribution in [2.24, 2.45) is 0 Å². The minimum absolute atomic E-state index is 0.128. The molecule has 2 amide bonds. The number of nitrogens with one attached hydrogen (secondary N) is 2. The smallest absolute Gasteiger partial charge is 0.355 e. The van der Waals surface area contributed by atoms with Gasteiger partial charge in [-0.15, -0.1) is 0 Å². The highest BCUT2D eigenvalue weighted by Crippen LogP contribution is 2.15. The Morgan fingerprint density at radius 3 is 2.60 bits per heavy atom. The van der Waals surface area contributed by atoms with Crippen LogP contribution >= 0.6 is 0 Å². The van der Waals surface area contributed by atoms with Crippen molar-refractivity contribution < 1.29 is 19.1 Å². The summed E-state index contributed by atoms with van der Waals surface area (Å²) in [6.45, 7) is 1.45. The first-order valence-corrected chi connectivity index (χ1v) is 7.93. The fraction of sp³-hybridized carbons (Fsp3) is 0.278. The van der Waals surface area contributed by atoms with E-state index < -0.39 is 18.5 Å². The average Bonchev–Trinajstić information content (AvgIpc) is 3.14. The van der Waals surface area contributed by atoms with Crippen molar-refractivity contribution in [3.63, 3.8) is 0 Å². The standard InChI is InChI=1S/C18H21N3O4/c1-3-13-7-4-5-8-14(13)20-16(22)11-21(2)17(23)12-25-18(24)15-9-6-10-19-15/h4-10,19H,3,11-12H2,1-2H3,(H,20,22). The first-order chi connectivity index (χ1) is 12.0. The van der Waals surface area contributed by atoms with Crippen LogP contribution in [0.15, 0.2) is 42.6 Å². The number of aromatic nitrogens is 1. The average molecular weight is 343 g/mol. The SMILES string of the molecule is CCc1ccccc1NC(=O)CN(C)C(=O)COC(=O)c1ccc[nH]1. The maximum absolute atomic E-state index is 12.1. The van der Waals surface area contributed by atoms with E-state index in [4.69, 9.17) is 4.74 Å². The van der Waals surface area contributed by atoms with Crippen LogP contribution in [0.3, 0.4) is 0 Å². The molecule has 0 aliphatic carbocycles. The van der Waals surface area contributed by atoms with E-state index >= 15 is 0 Å². The molecular weight excluding hydrogens is 322 g/mol. The van der Waals surface area contributed by atoms with Gasteiger partial charge < -0.3 is 19.9 Å². The zero-order valence-corrected chi connectivity index (χ0v) is 14.2. The van der Waals surface area contributed by atoms with Crippen molar-refractivity contribution in [3.8, 4) is 0 Å². The van der Waals surface area contributed by atoms with Crippen LogP contribution in [-0.2, 0) is 20.7 Å². The van der Waals surface area contributed by atoms with Gasteiger partial charge in [-0.3, -0.25) is 9.59 Å². The van der Waals surface area contributed by atoms with E-state index in [1.165, 1.54) is 11.9 Å². The molecule has 132 valence electrons. The molecule has 0 aliphatic heterocycles. The number of hydrogen-bond acceptors (Lipinski definition) is 4. The van der Waals surface area contributed by atoms with E-state index in [0.29, 0.717) is 0 Å². The first kappa shape index (κ1) is 18.3. The predicted molar refractivity (Wildman–Crippen MR) is 93.2 cm³/mol. The first-order valence-electron chi connectivity index (χ1n) is 7.93. The normalized spacial score (nSPS) is 10.2. The summed E-state index contributed by atoms with van der Waals surface area (Å²) >= 11 is 0. The predicted octanol–water partition coefficient (Wildman–Crippen LogP) is 1.83. The van der Waals surface area contributed by atoms with E-state index in [0.717, 1.165) is 17.7 Å². The Labute approximate surface area is 146 Å². The Hall–Kier alpha value is -3.09. The summed E-state index contributed by atoms with van der Waals surface area (Å²) in [6.07, 6.45) is 2.38. The Balaban J connectivity index is 1.81. The monoisotopic (exact) mass is 343 g/mol. The number of ether oxygens (including phenoxy) is 1. The van der Waals surface area contributed by atoms with E-state index in [2.05, 4.69) is 10.3 Å². The van der Waals surface area contributed by atoms with Crippen molar-refractivity contribution >= 4 is 23.5 Å². The zero-order chi connectivity index (χ0) is 18.2. The number of aryl methyl sites for hydroxylation is 1. The summed E-state index contributed by atoms with van der Waals surface area (Å²) in [4.78, 5) is 39.7. The fourth-order valence-corrected chi connectivity index (χ4v) is 2.22. The van der Waals surface area contributed by atoms with Crippen molar-refractivity contribution in [3.05, 3.63) is 53.9 Å². The van der Waals surface area contributed by atoms with Gasteiger partial charge in [0, 0.05) is 18.9 Å². The van der Waals surface area contributed by atoms with E-state index in [9.17, 15) is 14.4 Å². The number of para-hydroxylation sites is 1. The van der Waals surface area contributed by atoms with Crippen LogP contribution in [0.5, 0.6) is 0 Å². The van der Waals surface area contributed by atoms with Crippen LogP contribution in [0.2, 0.25) is 0 Å². The molecule has 1 aromatic heterocycles. The van der Waals surface area contributed by atoms with Gasteiger partial charge in [-0.1, -0.05) is 25.1 Å². The van der Waals surface area contributed by atoms with Crippen LogP contribution in [0, 0.1) is 0 Å².